The number of non-ortho nitro benzene ring substituents is 1. The van der Waals surface area contributed by atoms with E-state index in [1.807, 2.05) is 0 Å². The fourth-order valence-electron chi connectivity index (χ4n) is 2.27. The highest BCUT2D eigenvalue weighted by molar-refractivity contribution is 7.80. The highest BCUT2D eigenvalue weighted by Gasteiger charge is 2.41. The Hall–Kier alpha value is -2.21. The Kier molecular flexibility index (Phi) is 7.13. The summed E-state index contributed by atoms with van der Waals surface area (Å²) in [6.45, 7) is -0.515. The van der Waals surface area contributed by atoms with E-state index in [9.17, 15) is 27.7 Å². The predicted molar refractivity (Wildman–Crippen MR) is 92.7 cm³/mol. The monoisotopic (exact) mass is 411 g/mol. The highest BCUT2D eigenvalue weighted by atomic mass is 32.1. The largest absolute Gasteiger partial charge is 0.487 e. The Morgan fingerprint density at radius 3 is 2.78 bits per heavy atom. The molecule has 0 bridgehead atoms. The van der Waals surface area contributed by atoms with Gasteiger partial charge >= 0.3 is 12.3 Å². The van der Waals surface area contributed by atoms with Crippen molar-refractivity contribution in [3.05, 3.63) is 28.3 Å². The third kappa shape index (κ3) is 6.47. The van der Waals surface area contributed by atoms with E-state index in [-0.39, 0.29) is 22.7 Å². The van der Waals surface area contributed by atoms with Crippen LogP contribution in [0.3, 0.4) is 0 Å². The summed E-state index contributed by atoms with van der Waals surface area (Å²) in [7, 11) is 0. The lowest BCUT2D eigenvalue weighted by Crippen LogP contribution is -2.35. The van der Waals surface area contributed by atoms with E-state index in [1.165, 1.54) is 0 Å². The maximum Gasteiger partial charge on any atom is 0.340 e. The van der Waals surface area contributed by atoms with Crippen LogP contribution in [0.1, 0.15) is 12.8 Å². The van der Waals surface area contributed by atoms with Crippen molar-refractivity contribution >= 4 is 28.7 Å². The van der Waals surface area contributed by atoms with Gasteiger partial charge in [0.25, 0.3) is 5.69 Å². The van der Waals surface area contributed by atoms with E-state index in [0.717, 1.165) is 31.0 Å². The Balaban J connectivity index is 2.02. The van der Waals surface area contributed by atoms with Gasteiger partial charge in [-0.25, -0.2) is 8.78 Å². The molecule has 1 atom stereocenters. The normalized spacial score (nSPS) is 17.0. The quantitative estimate of drug-likeness (QED) is 0.294. The van der Waals surface area contributed by atoms with Gasteiger partial charge in [0.05, 0.1) is 22.8 Å². The zero-order valence-corrected chi connectivity index (χ0v) is 14.7. The van der Waals surface area contributed by atoms with Gasteiger partial charge in [-0.2, -0.15) is 8.78 Å². The van der Waals surface area contributed by atoms with Gasteiger partial charge < -0.3 is 20.1 Å². The summed E-state index contributed by atoms with van der Waals surface area (Å²) in [5, 5.41) is 16.7. The number of nitro benzene ring substituents is 1. The molecule has 1 aliphatic rings. The zero-order chi connectivity index (χ0) is 20.0. The zero-order valence-electron chi connectivity index (χ0n) is 13.9. The molecule has 0 aliphatic carbocycles. The van der Waals surface area contributed by atoms with Crippen LogP contribution in [0.15, 0.2) is 18.2 Å². The molecule has 1 saturated heterocycles. The molecule has 2 N–H and O–H groups in total. The number of alkyl halides is 4. The Morgan fingerprint density at radius 1 is 1.44 bits per heavy atom. The summed E-state index contributed by atoms with van der Waals surface area (Å²) in [4.78, 5) is 10.2. The summed E-state index contributed by atoms with van der Waals surface area (Å²) in [6, 6.07) is 3.11. The minimum absolute atomic E-state index is 0.00494. The first-order chi connectivity index (χ1) is 12.7. The van der Waals surface area contributed by atoms with Crippen molar-refractivity contribution in [3.8, 4) is 5.75 Å². The van der Waals surface area contributed by atoms with Crippen molar-refractivity contribution in [1.82, 2.24) is 5.32 Å². The third-order valence-corrected chi connectivity index (χ3v) is 3.87. The lowest BCUT2D eigenvalue weighted by atomic mass is 10.2. The van der Waals surface area contributed by atoms with Gasteiger partial charge in [-0.05, 0) is 25.1 Å². The average molecular weight is 411 g/mol. The molecule has 27 heavy (non-hydrogen) atoms. The van der Waals surface area contributed by atoms with Crippen LogP contribution in [0.2, 0.25) is 0 Å². The van der Waals surface area contributed by atoms with Crippen LogP contribution in [0.5, 0.6) is 5.75 Å². The van der Waals surface area contributed by atoms with Crippen LogP contribution in [0.25, 0.3) is 0 Å². The van der Waals surface area contributed by atoms with Crippen molar-refractivity contribution in [1.29, 1.82) is 0 Å². The van der Waals surface area contributed by atoms with E-state index in [1.54, 1.807) is 0 Å². The number of benzene rings is 1. The first-order valence-electron chi connectivity index (χ1n) is 7.92. The summed E-state index contributed by atoms with van der Waals surface area (Å²) >= 11 is 5.07. The molecular weight excluding hydrogens is 394 g/mol. The van der Waals surface area contributed by atoms with Crippen LogP contribution in [-0.2, 0) is 4.74 Å². The Morgan fingerprint density at radius 2 is 2.19 bits per heavy atom. The topological polar surface area (TPSA) is 85.7 Å². The number of rotatable bonds is 8. The van der Waals surface area contributed by atoms with Crippen LogP contribution in [-0.4, -0.2) is 48.2 Å². The van der Waals surface area contributed by atoms with Gasteiger partial charge in [-0.1, -0.05) is 0 Å². The second kappa shape index (κ2) is 9.13. The number of nitro groups is 1. The lowest BCUT2D eigenvalue weighted by Gasteiger charge is -2.17. The van der Waals surface area contributed by atoms with Gasteiger partial charge in [0.15, 0.2) is 11.7 Å². The molecule has 1 aliphatic heterocycles. The molecule has 1 aromatic carbocycles. The molecule has 0 spiro atoms. The number of nitrogens with one attached hydrogen (secondary N) is 2. The van der Waals surface area contributed by atoms with Crippen molar-refractivity contribution in [2.75, 3.05) is 25.1 Å². The molecule has 1 heterocycles. The predicted octanol–water partition coefficient (Wildman–Crippen LogP) is 3.34. The van der Waals surface area contributed by atoms with Crippen molar-refractivity contribution in [3.63, 3.8) is 0 Å². The van der Waals surface area contributed by atoms with Gasteiger partial charge in [0.1, 0.15) is 5.75 Å². The van der Waals surface area contributed by atoms with E-state index in [2.05, 4.69) is 15.4 Å². The summed E-state index contributed by atoms with van der Waals surface area (Å²) in [6.07, 6.45) is -2.09. The fraction of sp³-hybridized carbons (Fsp3) is 0.533. The van der Waals surface area contributed by atoms with Crippen LogP contribution in [0, 0.1) is 10.1 Å². The number of anilines is 1. The molecule has 7 nitrogen and oxygen atoms in total. The van der Waals surface area contributed by atoms with Gasteiger partial charge in [0.2, 0.25) is 0 Å². The van der Waals surface area contributed by atoms with Gasteiger partial charge in [0, 0.05) is 25.3 Å². The second-order valence-electron chi connectivity index (χ2n) is 5.79. The summed E-state index contributed by atoms with van der Waals surface area (Å²) in [5.41, 5.74) is -0.387. The first kappa shape index (κ1) is 21.1. The maximum absolute atomic E-state index is 13.0. The number of nitrogens with zero attached hydrogens (tertiary/aromatic N) is 1. The highest BCUT2D eigenvalue weighted by Crippen LogP contribution is 2.29. The minimum atomic E-state index is -4.38. The molecule has 0 aromatic heterocycles. The third-order valence-electron chi connectivity index (χ3n) is 3.62. The average Bonchev–Trinajstić information content (AvgIpc) is 3.11. The fourth-order valence-corrected chi connectivity index (χ4v) is 2.48. The van der Waals surface area contributed by atoms with Crippen molar-refractivity contribution < 1.29 is 32.0 Å². The van der Waals surface area contributed by atoms with Crippen molar-refractivity contribution in [2.45, 2.75) is 31.3 Å². The molecule has 150 valence electrons. The van der Waals surface area contributed by atoms with Crippen LogP contribution >= 0.6 is 12.2 Å². The maximum atomic E-state index is 13.0. The van der Waals surface area contributed by atoms with Gasteiger partial charge in [-0.3, -0.25) is 10.1 Å². The number of ether oxygens (including phenoxy) is 2. The molecule has 0 amide bonds. The number of thiocarbonyl (C=S) groups is 1. The van der Waals surface area contributed by atoms with E-state index in [4.69, 9.17) is 17.0 Å². The molecular formula is C15H17F4N3O4S. The molecule has 0 radical (unpaired) electrons. The lowest BCUT2D eigenvalue weighted by molar-refractivity contribution is -0.384. The number of hydrogen-bond donors (Lipinski definition) is 2. The molecule has 12 heteroatoms. The van der Waals surface area contributed by atoms with Crippen molar-refractivity contribution in [2.24, 2.45) is 0 Å². The molecule has 1 aromatic rings. The van der Waals surface area contributed by atoms with E-state index >= 15 is 0 Å². The standard InChI is InChI=1S/C15H17F4N3O4S/c16-13(17)15(18,19)8-26-12-5-9(4-10(6-12)22(23)24)21-14(27)20-7-11-2-1-3-25-11/h4-6,11,13H,1-3,7-8H2,(H2,20,21,27). The number of hydrogen-bond acceptors (Lipinski definition) is 5. The van der Waals surface area contributed by atoms with Gasteiger partial charge in [-0.15, -0.1) is 0 Å². The number of halogens is 4. The minimum Gasteiger partial charge on any atom is -0.487 e. The molecule has 0 saturated carbocycles. The summed E-state index contributed by atoms with van der Waals surface area (Å²) in [5.74, 6) is -4.75. The Bertz CT molecular complexity index is 687. The molecule has 1 unspecified atom stereocenters. The smallest absolute Gasteiger partial charge is 0.340 e. The van der Waals surface area contributed by atoms with Crippen LogP contribution < -0.4 is 15.4 Å². The van der Waals surface area contributed by atoms with E-state index < -0.39 is 29.6 Å². The SMILES string of the molecule is O=[N+]([O-])c1cc(NC(=S)NCC2CCCO2)cc(OCC(F)(F)C(F)F)c1. The molecule has 1 fully saturated rings. The van der Waals surface area contributed by atoms with Crippen LogP contribution in [0.4, 0.5) is 28.9 Å². The van der Waals surface area contributed by atoms with E-state index in [0.29, 0.717) is 13.2 Å². The second-order valence-corrected chi connectivity index (χ2v) is 6.20. The Labute approximate surface area is 157 Å². The molecule has 2 rings (SSSR count). The first-order valence-corrected chi connectivity index (χ1v) is 8.33. The summed E-state index contributed by atoms with van der Waals surface area (Å²) < 4.78 is 60.4.